The van der Waals surface area contributed by atoms with Crippen LogP contribution < -0.4 is 0 Å². The van der Waals surface area contributed by atoms with Crippen molar-refractivity contribution in [3.8, 4) is 5.75 Å². The molecule has 2 aromatic carbocycles. The lowest BCUT2D eigenvalue weighted by molar-refractivity contribution is 0.475. The second-order valence-electron chi connectivity index (χ2n) is 6.63. The first-order valence-electron chi connectivity index (χ1n) is 8.98. The summed E-state index contributed by atoms with van der Waals surface area (Å²) < 4.78 is 0. The fourth-order valence-electron chi connectivity index (χ4n) is 3.32. The summed E-state index contributed by atoms with van der Waals surface area (Å²) in [4.78, 5) is 4.53. The molecule has 0 radical (unpaired) electrons. The molecule has 1 aliphatic rings. The number of nitrogens with zero attached hydrogens (tertiary/aromatic N) is 1. The summed E-state index contributed by atoms with van der Waals surface area (Å²) in [6.07, 6.45) is 9.53. The highest BCUT2D eigenvalue weighted by Crippen LogP contribution is 2.27. The van der Waals surface area contributed by atoms with Gasteiger partial charge in [0.25, 0.3) is 0 Å². The van der Waals surface area contributed by atoms with E-state index in [-0.39, 0.29) is 5.75 Å². The molecule has 1 aromatic heterocycles. The van der Waals surface area contributed by atoms with Crippen molar-refractivity contribution in [2.75, 3.05) is 0 Å². The lowest BCUT2D eigenvalue weighted by Gasteiger charge is -2.11. The van der Waals surface area contributed by atoms with E-state index in [1.165, 1.54) is 5.56 Å². The number of fused-ring (bicyclic) bond motifs is 1. The van der Waals surface area contributed by atoms with E-state index in [1.807, 2.05) is 36.4 Å². The van der Waals surface area contributed by atoms with Gasteiger partial charge in [0.2, 0.25) is 0 Å². The van der Waals surface area contributed by atoms with Crippen LogP contribution in [0.1, 0.15) is 27.9 Å². The highest BCUT2D eigenvalue weighted by atomic mass is 16.3. The lowest BCUT2D eigenvalue weighted by Crippen LogP contribution is -2.10. The largest absolute Gasteiger partial charge is 0.508 e. The molecule has 3 aromatic rings. The van der Waals surface area contributed by atoms with E-state index in [1.54, 1.807) is 18.3 Å². The van der Waals surface area contributed by atoms with Gasteiger partial charge in [0.05, 0.1) is 11.4 Å². The molecule has 0 saturated heterocycles. The zero-order valence-corrected chi connectivity index (χ0v) is 14.9. The standard InChI is InChI=1S/C24H20N2O/c25-23(15-17-9-11-21(27)12-10-17)24-22-16-20(18-5-2-1-3-6-18)8-4-7-19(22)13-14-26-24/h1-6,8-14,16,25,27H,7,15H2. The van der Waals surface area contributed by atoms with Gasteiger partial charge in [-0.05, 0) is 53.0 Å². The Hall–Kier alpha value is -3.46. The number of aromatic nitrogens is 1. The third-order valence-corrected chi connectivity index (χ3v) is 4.73. The normalized spacial score (nSPS) is 12.8. The van der Waals surface area contributed by atoms with Crippen molar-refractivity contribution in [1.29, 1.82) is 5.41 Å². The Labute approximate surface area is 158 Å². The molecule has 3 nitrogen and oxygen atoms in total. The van der Waals surface area contributed by atoms with Crippen LogP contribution in [0.4, 0.5) is 0 Å². The van der Waals surface area contributed by atoms with E-state index < -0.39 is 0 Å². The molecule has 4 rings (SSSR count). The quantitative estimate of drug-likeness (QED) is 0.646. The van der Waals surface area contributed by atoms with Crippen molar-refractivity contribution < 1.29 is 5.11 Å². The third kappa shape index (κ3) is 3.72. The van der Waals surface area contributed by atoms with Crippen LogP contribution in [0.15, 0.2) is 79.0 Å². The molecule has 3 heteroatoms. The molecular formula is C24H20N2O. The second kappa shape index (κ2) is 7.42. The Morgan fingerprint density at radius 1 is 1.00 bits per heavy atom. The van der Waals surface area contributed by atoms with Gasteiger partial charge in [0.15, 0.2) is 0 Å². The number of rotatable bonds is 4. The number of benzene rings is 2. The number of allylic oxidation sites excluding steroid dienone is 3. The summed E-state index contributed by atoms with van der Waals surface area (Å²) >= 11 is 0. The van der Waals surface area contributed by atoms with Crippen molar-refractivity contribution in [2.24, 2.45) is 0 Å². The van der Waals surface area contributed by atoms with Gasteiger partial charge in [-0.3, -0.25) is 4.98 Å². The molecule has 0 amide bonds. The summed E-state index contributed by atoms with van der Waals surface area (Å²) in [6, 6.07) is 19.3. The van der Waals surface area contributed by atoms with Gasteiger partial charge in [0, 0.05) is 18.2 Å². The Morgan fingerprint density at radius 3 is 2.56 bits per heavy atom. The van der Waals surface area contributed by atoms with Crippen LogP contribution in [-0.4, -0.2) is 15.8 Å². The average Bonchev–Trinajstić information content (AvgIpc) is 2.93. The van der Waals surface area contributed by atoms with Crippen LogP contribution >= 0.6 is 0 Å². The Bertz CT molecular complexity index is 1030. The summed E-state index contributed by atoms with van der Waals surface area (Å²) in [5.41, 5.74) is 6.65. The highest BCUT2D eigenvalue weighted by molar-refractivity contribution is 6.03. The minimum atomic E-state index is 0.235. The molecule has 27 heavy (non-hydrogen) atoms. The fraction of sp³-hybridized carbons (Fsp3) is 0.0833. The number of hydrogen-bond donors (Lipinski definition) is 2. The van der Waals surface area contributed by atoms with Crippen molar-refractivity contribution >= 4 is 17.4 Å². The summed E-state index contributed by atoms with van der Waals surface area (Å²) in [5, 5.41) is 18.1. The number of phenolic OH excluding ortho intramolecular Hbond substituents is 1. The van der Waals surface area contributed by atoms with Crippen molar-refractivity contribution in [3.05, 3.63) is 107 Å². The van der Waals surface area contributed by atoms with Crippen molar-refractivity contribution in [1.82, 2.24) is 4.98 Å². The predicted molar refractivity (Wildman–Crippen MR) is 110 cm³/mol. The minimum absolute atomic E-state index is 0.235. The fourth-order valence-corrected chi connectivity index (χ4v) is 3.32. The zero-order chi connectivity index (χ0) is 18.6. The van der Waals surface area contributed by atoms with Gasteiger partial charge >= 0.3 is 0 Å². The lowest BCUT2D eigenvalue weighted by atomic mass is 9.96. The molecule has 0 unspecified atom stereocenters. The number of aromatic hydroxyl groups is 1. The molecule has 0 bridgehead atoms. The SMILES string of the molecule is N=C(Cc1ccc(O)cc1)c1nccc2c1C=C(c1ccccc1)C=CC2. The Morgan fingerprint density at radius 2 is 1.78 bits per heavy atom. The topological polar surface area (TPSA) is 57.0 Å². The van der Waals surface area contributed by atoms with E-state index in [2.05, 4.69) is 35.3 Å². The molecule has 1 aliphatic carbocycles. The summed E-state index contributed by atoms with van der Waals surface area (Å²) in [5.74, 6) is 0.235. The van der Waals surface area contributed by atoms with E-state index in [0.29, 0.717) is 12.1 Å². The van der Waals surface area contributed by atoms with Gasteiger partial charge in [-0.25, -0.2) is 0 Å². The van der Waals surface area contributed by atoms with Crippen LogP contribution in [-0.2, 0) is 12.8 Å². The summed E-state index contributed by atoms with van der Waals surface area (Å²) in [7, 11) is 0. The van der Waals surface area contributed by atoms with Gasteiger partial charge in [0.1, 0.15) is 5.75 Å². The van der Waals surface area contributed by atoms with Gasteiger partial charge in [-0.15, -0.1) is 0 Å². The highest BCUT2D eigenvalue weighted by Gasteiger charge is 2.15. The molecule has 2 N–H and O–H groups in total. The minimum Gasteiger partial charge on any atom is -0.508 e. The number of phenols is 1. The molecular weight excluding hydrogens is 332 g/mol. The molecule has 0 atom stereocenters. The number of hydrogen-bond acceptors (Lipinski definition) is 3. The summed E-state index contributed by atoms with van der Waals surface area (Å²) in [6.45, 7) is 0. The van der Waals surface area contributed by atoms with Gasteiger partial charge in [-0.1, -0.05) is 54.6 Å². The molecule has 1 heterocycles. The molecule has 0 fully saturated rings. The first-order chi connectivity index (χ1) is 13.2. The monoisotopic (exact) mass is 352 g/mol. The second-order valence-corrected chi connectivity index (χ2v) is 6.63. The maximum atomic E-state index is 9.45. The van der Waals surface area contributed by atoms with Crippen LogP contribution in [0, 0.1) is 5.41 Å². The van der Waals surface area contributed by atoms with E-state index >= 15 is 0 Å². The van der Waals surface area contributed by atoms with E-state index in [9.17, 15) is 5.11 Å². The van der Waals surface area contributed by atoms with Crippen LogP contribution in [0.25, 0.3) is 11.6 Å². The Kier molecular flexibility index (Phi) is 4.67. The smallest absolute Gasteiger partial charge is 0.115 e. The molecule has 132 valence electrons. The predicted octanol–water partition coefficient (Wildman–Crippen LogP) is 5.05. The first kappa shape index (κ1) is 17.0. The molecule has 0 saturated carbocycles. The number of pyridine rings is 1. The van der Waals surface area contributed by atoms with Crippen LogP contribution in [0.5, 0.6) is 5.75 Å². The van der Waals surface area contributed by atoms with Crippen molar-refractivity contribution in [3.63, 3.8) is 0 Å². The van der Waals surface area contributed by atoms with Crippen LogP contribution in [0.3, 0.4) is 0 Å². The maximum Gasteiger partial charge on any atom is 0.115 e. The molecule has 0 spiro atoms. The van der Waals surface area contributed by atoms with E-state index in [0.717, 1.165) is 34.4 Å². The first-order valence-corrected chi connectivity index (χ1v) is 8.98. The maximum absolute atomic E-state index is 9.45. The van der Waals surface area contributed by atoms with Crippen molar-refractivity contribution in [2.45, 2.75) is 12.8 Å². The third-order valence-electron chi connectivity index (χ3n) is 4.73. The number of nitrogens with one attached hydrogen (secondary N) is 1. The van der Waals surface area contributed by atoms with Gasteiger partial charge < -0.3 is 10.5 Å². The van der Waals surface area contributed by atoms with Gasteiger partial charge in [-0.2, -0.15) is 0 Å². The zero-order valence-electron chi connectivity index (χ0n) is 14.9. The average molecular weight is 352 g/mol. The van der Waals surface area contributed by atoms with E-state index in [4.69, 9.17) is 5.41 Å². The Balaban J connectivity index is 1.72. The molecule has 0 aliphatic heterocycles. The van der Waals surface area contributed by atoms with Crippen LogP contribution in [0.2, 0.25) is 0 Å².